The van der Waals surface area contributed by atoms with E-state index >= 15 is 0 Å². The van der Waals surface area contributed by atoms with Crippen LogP contribution in [0.4, 0.5) is 0 Å². The van der Waals surface area contributed by atoms with Gasteiger partial charge in [-0.2, -0.15) is 0 Å². The Morgan fingerprint density at radius 1 is 1.46 bits per heavy atom. The fourth-order valence-corrected chi connectivity index (χ4v) is 2.51. The normalized spacial score (nSPS) is 26.2. The summed E-state index contributed by atoms with van der Waals surface area (Å²) in [5.41, 5.74) is 2.47. The molecule has 0 bridgehead atoms. The number of allylic oxidation sites excluding steroid dienone is 2. The fourth-order valence-electron chi connectivity index (χ4n) is 2.51. The van der Waals surface area contributed by atoms with E-state index in [0.29, 0.717) is 0 Å². The van der Waals surface area contributed by atoms with Crippen LogP contribution in [0.3, 0.4) is 0 Å². The number of hydrogen-bond donors (Lipinski definition) is 1. The highest BCUT2D eigenvalue weighted by molar-refractivity contribution is 5.72. The zero-order chi connectivity index (χ0) is 10.2. The zero-order valence-corrected chi connectivity index (χ0v) is 8.85. The molecular weight excluding hydrogens is 164 g/mol. The summed E-state index contributed by atoms with van der Waals surface area (Å²) in [6, 6.07) is 0. The SMILES string of the molecule is CC(C)=C1CCC(C(=O)O)C1(C)C. The smallest absolute Gasteiger partial charge is 0.307 e. The second kappa shape index (κ2) is 3.17. The van der Waals surface area contributed by atoms with Crippen molar-refractivity contribution in [2.24, 2.45) is 11.3 Å². The van der Waals surface area contributed by atoms with E-state index in [-0.39, 0.29) is 11.3 Å². The van der Waals surface area contributed by atoms with E-state index in [0.717, 1.165) is 12.8 Å². The predicted octanol–water partition coefficient (Wildman–Crippen LogP) is 2.84. The maximum Gasteiger partial charge on any atom is 0.307 e. The highest BCUT2D eigenvalue weighted by Crippen LogP contribution is 2.48. The van der Waals surface area contributed by atoms with Crippen LogP contribution in [0.1, 0.15) is 40.5 Å². The first kappa shape index (κ1) is 10.3. The largest absolute Gasteiger partial charge is 0.481 e. The van der Waals surface area contributed by atoms with Gasteiger partial charge in [-0.1, -0.05) is 25.0 Å². The predicted molar refractivity (Wildman–Crippen MR) is 52.5 cm³/mol. The van der Waals surface area contributed by atoms with Crippen molar-refractivity contribution in [2.75, 3.05) is 0 Å². The molecule has 0 aromatic heterocycles. The van der Waals surface area contributed by atoms with Gasteiger partial charge in [0.2, 0.25) is 0 Å². The first-order chi connectivity index (χ1) is 5.87. The Bertz CT molecular complexity index is 257. The molecule has 1 rings (SSSR count). The summed E-state index contributed by atoms with van der Waals surface area (Å²) in [7, 11) is 0. The van der Waals surface area contributed by atoms with Gasteiger partial charge in [-0.25, -0.2) is 0 Å². The molecule has 0 aromatic rings. The Morgan fingerprint density at radius 3 is 2.23 bits per heavy atom. The van der Waals surface area contributed by atoms with E-state index in [2.05, 4.69) is 13.8 Å². The number of carbonyl (C=O) groups is 1. The van der Waals surface area contributed by atoms with Gasteiger partial charge in [0.1, 0.15) is 0 Å². The van der Waals surface area contributed by atoms with Crippen LogP contribution in [0, 0.1) is 11.3 Å². The van der Waals surface area contributed by atoms with Crippen LogP contribution >= 0.6 is 0 Å². The molecule has 1 N–H and O–H groups in total. The molecule has 2 heteroatoms. The van der Waals surface area contributed by atoms with Crippen molar-refractivity contribution in [2.45, 2.75) is 40.5 Å². The quantitative estimate of drug-likeness (QED) is 0.633. The molecule has 1 atom stereocenters. The van der Waals surface area contributed by atoms with E-state index in [1.54, 1.807) is 0 Å². The molecule has 2 nitrogen and oxygen atoms in total. The highest BCUT2D eigenvalue weighted by Gasteiger charge is 2.43. The lowest BCUT2D eigenvalue weighted by Gasteiger charge is -2.26. The third-order valence-electron chi connectivity index (χ3n) is 3.23. The number of aliphatic carboxylic acids is 1. The Labute approximate surface area is 79.6 Å². The van der Waals surface area contributed by atoms with Gasteiger partial charge in [0.25, 0.3) is 0 Å². The first-order valence-electron chi connectivity index (χ1n) is 4.77. The highest BCUT2D eigenvalue weighted by atomic mass is 16.4. The van der Waals surface area contributed by atoms with Gasteiger partial charge in [-0.05, 0) is 32.1 Å². The van der Waals surface area contributed by atoms with Crippen LogP contribution in [-0.2, 0) is 4.79 Å². The van der Waals surface area contributed by atoms with Crippen molar-refractivity contribution in [3.63, 3.8) is 0 Å². The molecule has 1 aliphatic rings. The van der Waals surface area contributed by atoms with Crippen LogP contribution in [-0.4, -0.2) is 11.1 Å². The van der Waals surface area contributed by atoms with Crippen LogP contribution in [0.5, 0.6) is 0 Å². The third kappa shape index (κ3) is 1.62. The van der Waals surface area contributed by atoms with E-state index < -0.39 is 5.97 Å². The zero-order valence-electron chi connectivity index (χ0n) is 8.85. The monoisotopic (exact) mass is 182 g/mol. The van der Waals surface area contributed by atoms with Crippen molar-refractivity contribution in [1.82, 2.24) is 0 Å². The summed E-state index contributed by atoms with van der Waals surface area (Å²) in [6.45, 7) is 8.23. The molecule has 0 amide bonds. The molecule has 0 saturated heterocycles. The molecule has 74 valence electrons. The number of hydrogen-bond acceptors (Lipinski definition) is 1. The van der Waals surface area contributed by atoms with Gasteiger partial charge >= 0.3 is 5.97 Å². The molecular formula is C11H18O2. The lowest BCUT2D eigenvalue weighted by molar-refractivity contribution is -0.144. The minimum atomic E-state index is -0.652. The number of rotatable bonds is 1. The fraction of sp³-hybridized carbons (Fsp3) is 0.727. The van der Waals surface area contributed by atoms with E-state index in [9.17, 15) is 4.79 Å². The maximum absolute atomic E-state index is 11.0. The van der Waals surface area contributed by atoms with Crippen LogP contribution in [0.15, 0.2) is 11.1 Å². The third-order valence-corrected chi connectivity index (χ3v) is 3.23. The Hall–Kier alpha value is -0.790. The molecule has 13 heavy (non-hydrogen) atoms. The minimum absolute atomic E-state index is 0.148. The van der Waals surface area contributed by atoms with E-state index in [4.69, 9.17) is 5.11 Å². The maximum atomic E-state index is 11.0. The minimum Gasteiger partial charge on any atom is -0.481 e. The second-order valence-corrected chi connectivity index (χ2v) is 4.63. The summed E-state index contributed by atoms with van der Waals surface area (Å²) < 4.78 is 0. The summed E-state index contributed by atoms with van der Waals surface area (Å²) >= 11 is 0. The van der Waals surface area contributed by atoms with Crippen LogP contribution in [0.25, 0.3) is 0 Å². The second-order valence-electron chi connectivity index (χ2n) is 4.63. The van der Waals surface area contributed by atoms with Crippen molar-refractivity contribution < 1.29 is 9.90 Å². The van der Waals surface area contributed by atoms with E-state index in [1.807, 2.05) is 13.8 Å². The molecule has 0 aromatic carbocycles. The number of carboxylic acids is 1. The molecule has 0 spiro atoms. The Balaban J connectivity index is 3.03. The molecule has 0 radical (unpaired) electrons. The summed E-state index contributed by atoms with van der Waals surface area (Å²) in [4.78, 5) is 11.0. The molecule has 1 aliphatic carbocycles. The standard InChI is InChI=1S/C11H18O2/c1-7(2)8-5-6-9(10(12)13)11(8,3)4/h9H,5-6H2,1-4H3,(H,12,13). The molecule has 0 aliphatic heterocycles. The van der Waals surface area contributed by atoms with Gasteiger partial charge in [0.05, 0.1) is 5.92 Å². The van der Waals surface area contributed by atoms with Crippen LogP contribution in [0.2, 0.25) is 0 Å². The summed E-state index contributed by atoms with van der Waals surface area (Å²) in [5.74, 6) is -0.848. The summed E-state index contributed by atoms with van der Waals surface area (Å²) in [5, 5.41) is 9.03. The average Bonchev–Trinajstić information content (AvgIpc) is 2.24. The topological polar surface area (TPSA) is 37.3 Å². The van der Waals surface area contributed by atoms with Gasteiger partial charge < -0.3 is 5.11 Å². The van der Waals surface area contributed by atoms with Crippen molar-refractivity contribution in [3.8, 4) is 0 Å². The Morgan fingerprint density at radius 2 is 2.00 bits per heavy atom. The van der Waals surface area contributed by atoms with Crippen molar-refractivity contribution in [3.05, 3.63) is 11.1 Å². The lowest BCUT2D eigenvalue weighted by Crippen LogP contribution is -2.26. The molecule has 1 fully saturated rings. The van der Waals surface area contributed by atoms with Gasteiger partial charge in [-0.3, -0.25) is 4.79 Å². The summed E-state index contributed by atoms with van der Waals surface area (Å²) in [6.07, 6.45) is 1.75. The van der Waals surface area contributed by atoms with E-state index in [1.165, 1.54) is 11.1 Å². The lowest BCUT2D eigenvalue weighted by atomic mass is 9.77. The van der Waals surface area contributed by atoms with Crippen LogP contribution < -0.4 is 0 Å². The Kier molecular flexibility index (Phi) is 2.51. The van der Waals surface area contributed by atoms with Crippen molar-refractivity contribution in [1.29, 1.82) is 0 Å². The molecule has 1 saturated carbocycles. The first-order valence-corrected chi connectivity index (χ1v) is 4.77. The number of carboxylic acid groups (broad SMARTS) is 1. The van der Waals surface area contributed by atoms with Crippen molar-refractivity contribution >= 4 is 5.97 Å². The van der Waals surface area contributed by atoms with Gasteiger partial charge in [0, 0.05) is 0 Å². The molecule has 0 heterocycles. The van der Waals surface area contributed by atoms with Gasteiger partial charge in [0.15, 0.2) is 0 Å². The van der Waals surface area contributed by atoms with Gasteiger partial charge in [-0.15, -0.1) is 0 Å². The average molecular weight is 182 g/mol. The molecule has 1 unspecified atom stereocenters.